The number of ether oxygens (including phenoxy) is 1. The van der Waals surface area contributed by atoms with Gasteiger partial charge in [0, 0.05) is 13.2 Å². The van der Waals surface area contributed by atoms with Gasteiger partial charge in [-0.3, -0.25) is 0 Å². The molecule has 0 aliphatic rings. The number of hydrogen-bond donors (Lipinski definition) is 2. The average molecular weight is 290 g/mol. The Morgan fingerprint density at radius 3 is 3.00 bits per heavy atom. The minimum absolute atomic E-state index is 0.202. The molecule has 0 saturated heterocycles. The van der Waals surface area contributed by atoms with E-state index < -0.39 is 0 Å². The Morgan fingerprint density at radius 1 is 1.62 bits per heavy atom. The number of anilines is 1. The Hall–Kier alpha value is -0.880. The average Bonchev–Trinajstić information content (AvgIpc) is 2.28. The molecular formula is C10H16BrN3O2. The first kappa shape index (κ1) is 13.2. The summed E-state index contributed by atoms with van der Waals surface area (Å²) in [5.74, 6) is 1.42. The van der Waals surface area contributed by atoms with Crippen LogP contribution in [0.25, 0.3) is 0 Å². The van der Waals surface area contributed by atoms with Crippen LogP contribution >= 0.6 is 15.9 Å². The van der Waals surface area contributed by atoms with Crippen molar-refractivity contribution in [2.24, 2.45) is 5.92 Å². The molecule has 6 heteroatoms. The summed E-state index contributed by atoms with van der Waals surface area (Å²) in [6, 6.07) is 0. The molecule has 0 aliphatic carbocycles. The van der Waals surface area contributed by atoms with Gasteiger partial charge in [0.25, 0.3) is 0 Å². The maximum atomic E-state index is 8.77. The maximum absolute atomic E-state index is 8.77. The topological polar surface area (TPSA) is 67.3 Å². The van der Waals surface area contributed by atoms with Crippen LogP contribution in [0.1, 0.15) is 13.3 Å². The number of rotatable bonds is 6. The van der Waals surface area contributed by atoms with Gasteiger partial charge in [-0.1, -0.05) is 6.92 Å². The highest BCUT2D eigenvalue weighted by Crippen LogP contribution is 2.21. The molecule has 0 bridgehead atoms. The number of aromatic nitrogens is 2. The highest BCUT2D eigenvalue weighted by Gasteiger charge is 2.06. The first-order chi connectivity index (χ1) is 7.67. The summed E-state index contributed by atoms with van der Waals surface area (Å²) in [7, 11) is 1.56. The number of nitrogens with one attached hydrogen (secondary N) is 1. The quantitative estimate of drug-likeness (QED) is 0.834. The molecule has 0 amide bonds. The fourth-order valence-corrected chi connectivity index (χ4v) is 1.52. The third-order valence-electron chi connectivity index (χ3n) is 2.14. The number of aliphatic hydroxyl groups excluding tert-OH is 1. The van der Waals surface area contributed by atoms with E-state index in [0.717, 1.165) is 17.4 Å². The van der Waals surface area contributed by atoms with Crippen LogP contribution in [0.3, 0.4) is 0 Å². The summed E-state index contributed by atoms with van der Waals surface area (Å²) >= 11 is 3.28. The van der Waals surface area contributed by atoms with Crippen LogP contribution in [-0.2, 0) is 0 Å². The van der Waals surface area contributed by atoms with Gasteiger partial charge in [0.05, 0.1) is 17.8 Å². The molecule has 0 fully saturated rings. The molecule has 1 aromatic heterocycles. The van der Waals surface area contributed by atoms with Crippen molar-refractivity contribution in [1.29, 1.82) is 0 Å². The van der Waals surface area contributed by atoms with Crippen LogP contribution in [0.2, 0.25) is 0 Å². The minimum atomic E-state index is 0.202. The fraction of sp³-hybridized carbons (Fsp3) is 0.600. The van der Waals surface area contributed by atoms with Crippen LogP contribution in [0.15, 0.2) is 10.7 Å². The van der Waals surface area contributed by atoms with Crippen molar-refractivity contribution >= 4 is 21.9 Å². The minimum Gasteiger partial charge on any atom is -0.480 e. The Labute approximate surface area is 103 Å². The lowest BCUT2D eigenvalue weighted by Gasteiger charge is -2.11. The van der Waals surface area contributed by atoms with Gasteiger partial charge >= 0.3 is 0 Å². The van der Waals surface area contributed by atoms with E-state index in [-0.39, 0.29) is 6.61 Å². The summed E-state index contributed by atoms with van der Waals surface area (Å²) in [4.78, 5) is 8.28. The van der Waals surface area contributed by atoms with Gasteiger partial charge in [-0.05, 0) is 28.3 Å². The predicted octanol–water partition coefficient (Wildman–Crippen LogP) is 1.68. The number of nitrogens with zero attached hydrogens (tertiary/aromatic N) is 2. The zero-order valence-corrected chi connectivity index (χ0v) is 11.0. The molecule has 2 N–H and O–H groups in total. The molecule has 1 heterocycles. The largest absolute Gasteiger partial charge is 0.480 e. The highest BCUT2D eigenvalue weighted by molar-refractivity contribution is 9.10. The van der Waals surface area contributed by atoms with Gasteiger partial charge < -0.3 is 15.2 Å². The first-order valence-corrected chi connectivity index (χ1v) is 5.88. The van der Waals surface area contributed by atoms with Crippen molar-refractivity contribution in [2.75, 3.05) is 25.6 Å². The van der Waals surface area contributed by atoms with Crippen LogP contribution in [0.4, 0.5) is 5.95 Å². The van der Waals surface area contributed by atoms with Crippen molar-refractivity contribution in [1.82, 2.24) is 9.97 Å². The van der Waals surface area contributed by atoms with Gasteiger partial charge in [0.1, 0.15) is 0 Å². The molecule has 5 nitrogen and oxygen atoms in total. The zero-order chi connectivity index (χ0) is 12.0. The van der Waals surface area contributed by atoms with Gasteiger partial charge in [-0.2, -0.15) is 4.98 Å². The molecule has 1 unspecified atom stereocenters. The number of aliphatic hydroxyl groups is 1. The molecule has 1 aromatic rings. The molecule has 1 rings (SSSR count). The summed E-state index contributed by atoms with van der Waals surface area (Å²) in [6.07, 6.45) is 2.41. The van der Waals surface area contributed by atoms with Crippen molar-refractivity contribution in [2.45, 2.75) is 13.3 Å². The second kappa shape index (κ2) is 6.65. The fourth-order valence-electron chi connectivity index (χ4n) is 1.17. The molecule has 16 heavy (non-hydrogen) atoms. The van der Waals surface area contributed by atoms with Gasteiger partial charge in [-0.15, -0.1) is 0 Å². The molecule has 0 saturated carbocycles. The maximum Gasteiger partial charge on any atom is 0.232 e. The normalized spacial score (nSPS) is 12.2. The smallest absolute Gasteiger partial charge is 0.232 e. The molecule has 0 aromatic carbocycles. The molecule has 1 atom stereocenters. The first-order valence-electron chi connectivity index (χ1n) is 5.08. The number of halogens is 1. The molecule has 0 aliphatic heterocycles. The zero-order valence-electron chi connectivity index (χ0n) is 9.40. The van der Waals surface area contributed by atoms with Gasteiger partial charge in [-0.25, -0.2) is 4.98 Å². The van der Waals surface area contributed by atoms with Crippen LogP contribution in [0, 0.1) is 5.92 Å². The van der Waals surface area contributed by atoms with Crippen molar-refractivity contribution in [3.05, 3.63) is 10.7 Å². The van der Waals surface area contributed by atoms with E-state index in [1.807, 2.05) is 0 Å². The standard InChI is InChI=1S/C10H16BrN3O2/c1-7(3-4-15)5-12-10-13-6-8(11)9(14-10)16-2/h6-7,15H,3-5H2,1-2H3,(H,12,13,14). The second-order valence-corrected chi connectivity index (χ2v) is 4.40. The number of hydrogen-bond acceptors (Lipinski definition) is 5. The van der Waals surface area contributed by atoms with Crippen molar-refractivity contribution in [3.63, 3.8) is 0 Å². The second-order valence-electron chi connectivity index (χ2n) is 3.55. The SMILES string of the molecule is COc1nc(NCC(C)CCO)ncc1Br. The molecular weight excluding hydrogens is 274 g/mol. The van der Waals surface area contributed by atoms with E-state index in [2.05, 4.69) is 38.1 Å². The molecule has 90 valence electrons. The van der Waals surface area contributed by atoms with E-state index in [0.29, 0.717) is 17.7 Å². The third-order valence-corrected chi connectivity index (χ3v) is 2.68. The Kier molecular flexibility index (Phi) is 5.48. The van der Waals surface area contributed by atoms with E-state index in [1.165, 1.54) is 0 Å². The lowest BCUT2D eigenvalue weighted by atomic mass is 10.1. The van der Waals surface area contributed by atoms with Crippen LogP contribution in [0.5, 0.6) is 5.88 Å². The number of methoxy groups -OCH3 is 1. The van der Waals surface area contributed by atoms with Crippen molar-refractivity contribution < 1.29 is 9.84 Å². The molecule has 0 radical (unpaired) electrons. The lowest BCUT2D eigenvalue weighted by Crippen LogP contribution is -2.14. The highest BCUT2D eigenvalue weighted by atomic mass is 79.9. The van der Waals surface area contributed by atoms with E-state index in [9.17, 15) is 0 Å². The third kappa shape index (κ3) is 3.94. The lowest BCUT2D eigenvalue weighted by molar-refractivity contribution is 0.265. The summed E-state index contributed by atoms with van der Waals surface area (Å²) in [5, 5.41) is 11.9. The van der Waals surface area contributed by atoms with Gasteiger partial charge in [0.15, 0.2) is 0 Å². The Morgan fingerprint density at radius 2 is 2.38 bits per heavy atom. The van der Waals surface area contributed by atoms with Gasteiger partial charge in [0.2, 0.25) is 11.8 Å². The predicted molar refractivity (Wildman–Crippen MR) is 65.6 cm³/mol. The van der Waals surface area contributed by atoms with E-state index in [4.69, 9.17) is 9.84 Å². The molecule has 0 spiro atoms. The van der Waals surface area contributed by atoms with Crippen LogP contribution in [-0.4, -0.2) is 35.3 Å². The Balaban J connectivity index is 2.54. The summed E-state index contributed by atoms with van der Waals surface area (Å²) < 4.78 is 5.79. The Bertz CT molecular complexity index is 336. The summed E-state index contributed by atoms with van der Waals surface area (Å²) in [6.45, 7) is 2.98. The van der Waals surface area contributed by atoms with E-state index in [1.54, 1.807) is 13.3 Å². The van der Waals surface area contributed by atoms with Crippen molar-refractivity contribution in [3.8, 4) is 5.88 Å². The van der Waals surface area contributed by atoms with E-state index >= 15 is 0 Å². The monoisotopic (exact) mass is 289 g/mol. The van der Waals surface area contributed by atoms with Crippen LogP contribution < -0.4 is 10.1 Å². The summed E-state index contributed by atoms with van der Waals surface area (Å²) in [5.41, 5.74) is 0.